The molecule has 2 heterocycles. The SMILES string of the molecule is NCC(c1ccc(Cl)cc1Br)N1CCc2sccc2C1. The van der Waals surface area contributed by atoms with E-state index in [2.05, 4.69) is 38.3 Å². The van der Waals surface area contributed by atoms with Crippen molar-refractivity contribution in [3.05, 3.63) is 55.1 Å². The lowest BCUT2D eigenvalue weighted by atomic mass is 10.0. The molecule has 3 rings (SSSR count). The van der Waals surface area contributed by atoms with Crippen LogP contribution in [0.3, 0.4) is 0 Å². The number of hydrogen-bond acceptors (Lipinski definition) is 3. The number of nitrogens with two attached hydrogens (primary N) is 1. The lowest BCUT2D eigenvalue weighted by molar-refractivity contribution is 0.184. The molecule has 1 aromatic heterocycles. The van der Waals surface area contributed by atoms with E-state index in [-0.39, 0.29) is 6.04 Å². The maximum absolute atomic E-state index is 6.04. The van der Waals surface area contributed by atoms with E-state index in [0.29, 0.717) is 6.54 Å². The minimum absolute atomic E-state index is 0.231. The third-order valence-corrected chi connectivity index (χ3v) is 5.77. The second-order valence-corrected chi connectivity index (χ2v) is 7.30. The predicted octanol–water partition coefficient (Wildman–Crippen LogP) is 4.22. The van der Waals surface area contributed by atoms with Crippen LogP contribution in [0.15, 0.2) is 34.1 Å². The molecule has 106 valence electrons. The van der Waals surface area contributed by atoms with Crippen molar-refractivity contribution in [1.82, 2.24) is 4.90 Å². The predicted molar refractivity (Wildman–Crippen MR) is 89.4 cm³/mol. The van der Waals surface area contributed by atoms with Gasteiger partial charge < -0.3 is 5.73 Å². The van der Waals surface area contributed by atoms with Crippen molar-refractivity contribution in [2.45, 2.75) is 19.0 Å². The Hall–Kier alpha value is -0.390. The van der Waals surface area contributed by atoms with Gasteiger partial charge in [0.25, 0.3) is 0 Å². The van der Waals surface area contributed by atoms with Crippen molar-refractivity contribution < 1.29 is 0 Å². The molecule has 1 atom stereocenters. The second kappa shape index (κ2) is 6.16. The molecule has 0 fully saturated rings. The zero-order chi connectivity index (χ0) is 14.1. The van der Waals surface area contributed by atoms with Gasteiger partial charge in [-0.1, -0.05) is 33.6 Å². The van der Waals surface area contributed by atoms with Gasteiger partial charge in [-0.15, -0.1) is 11.3 Å². The van der Waals surface area contributed by atoms with Crippen molar-refractivity contribution in [2.24, 2.45) is 5.73 Å². The van der Waals surface area contributed by atoms with Crippen LogP contribution >= 0.6 is 38.9 Å². The molecule has 0 radical (unpaired) electrons. The van der Waals surface area contributed by atoms with Gasteiger partial charge in [-0.3, -0.25) is 4.90 Å². The zero-order valence-electron chi connectivity index (χ0n) is 11.0. The molecule has 2 N–H and O–H groups in total. The van der Waals surface area contributed by atoms with E-state index in [1.165, 1.54) is 16.0 Å². The van der Waals surface area contributed by atoms with Crippen molar-refractivity contribution in [3.8, 4) is 0 Å². The van der Waals surface area contributed by atoms with Gasteiger partial charge in [0.15, 0.2) is 0 Å². The van der Waals surface area contributed by atoms with E-state index in [9.17, 15) is 0 Å². The van der Waals surface area contributed by atoms with Gasteiger partial charge >= 0.3 is 0 Å². The van der Waals surface area contributed by atoms with Crippen LogP contribution in [-0.2, 0) is 13.0 Å². The van der Waals surface area contributed by atoms with Crippen molar-refractivity contribution >= 4 is 38.9 Å². The molecule has 1 aliphatic rings. The zero-order valence-corrected chi connectivity index (χ0v) is 14.1. The van der Waals surface area contributed by atoms with Gasteiger partial charge in [0, 0.05) is 40.0 Å². The van der Waals surface area contributed by atoms with Gasteiger partial charge in [0.1, 0.15) is 0 Å². The van der Waals surface area contributed by atoms with E-state index in [4.69, 9.17) is 17.3 Å². The fraction of sp³-hybridized carbons (Fsp3) is 0.333. The molecular formula is C15H16BrClN2S. The topological polar surface area (TPSA) is 29.3 Å². The fourth-order valence-corrected chi connectivity index (χ4v) is 4.62. The molecule has 1 unspecified atom stereocenters. The number of nitrogens with zero attached hydrogens (tertiary/aromatic N) is 1. The standard InChI is InChI=1S/C15H16BrClN2S/c16-13-7-11(17)1-2-12(13)14(8-18)19-5-3-15-10(9-19)4-6-20-15/h1-2,4,6-7,14H,3,5,8-9,18H2. The molecule has 0 saturated carbocycles. The van der Waals surface area contributed by atoms with E-state index in [0.717, 1.165) is 29.0 Å². The van der Waals surface area contributed by atoms with Crippen molar-refractivity contribution in [1.29, 1.82) is 0 Å². The highest BCUT2D eigenvalue weighted by Crippen LogP contribution is 2.33. The summed E-state index contributed by atoms with van der Waals surface area (Å²) in [7, 11) is 0. The summed E-state index contributed by atoms with van der Waals surface area (Å²) in [6.07, 6.45) is 1.12. The van der Waals surface area contributed by atoms with Gasteiger partial charge in [0.2, 0.25) is 0 Å². The molecule has 2 nitrogen and oxygen atoms in total. The van der Waals surface area contributed by atoms with Gasteiger partial charge in [0.05, 0.1) is 0 Å². The van der Waals surface area contributed by atoms with Gasteiger partial charge in [-0.2, -0.15) is 0 Å². The molecule has 1 aliphatic heterocycles. The Morgan fingerprint density at radius 1 is 1.40 bits per heavy atom. The summed E-state index contributed by atoms with van der Waals surface area (Å²) in [5.74, 6) is 0. The summed E-state index contributed by atoms with van der Waals surface area (Å²) < 4.78 is 1.04. The third-order valence-electron chi connectivity index (χ3n) is 3.82. The average molecular weight is 372 g/mol. The Bertz CT molecular complexity index is 614. The summed E-state index contributed by atoms with van der Waals surface area (Å²) >= 11 is 11.5. The van der Waals surface area contributed by atoms with Crippen LogP contribution in [0.2, 0.25) is 5.02 Å². The summed E-state index contributed by atoms with van der Waals surface area (Å²) in [6, 6.07) is 8.42. The molecule has 0 spiro atoms. The Kier molecular flexibility index (Phi) is 4.48. The molecular weight excluding hydrogens is 356 g/mol. The summed E-state index contributed by atoms with van der Waals surface area (Å²) in [4.78, 5) is 3.98. The van der Waals surface area contributed by atoms with Crippen LogP contribution < -0.4 is 5.73 Å². The lowest BCUT2D eigenvalue weighted by Crippen LogP contribution is -2.37. The monoisotopic (exact) mass is 370 g/mol. The maximum Gasteiger partial charge on any atom is 0.0485 e. The van der Waals surface area contributed by atoms with Crippen molar-refractivity contribution in [3.63, 3.8) is 0 Å². The Morgan fingerprint density at radius 3 is 3.00 bits per heavy atom. The van der Waals surface area contributed by atoms with Crippen LogP contribution in [-0.4, -0.2) is 18.0 Å². The van der Waals surface area contributed by atoms with Gasteiger partial charge in [-0.05, 0) is 41.1 Å². The summed E-state index contributed by atoms with van der Waals surface area (Å²) in [5, 5.41) is 2.93. The molecule has 2 aromatic rings. The number of rotatable bonds is 3. The molecule has 0 aliphatic carbocycles. The van der Waals surface area contributed by atoms with Crippen LogP contribution in [0.5, 0.6) is 0 Å². The Morgan fingerprint density at radius 2 is 2.25 bits per heavy atom. The Labute approximate surface area is 136 Å². The highest BCUT2D eigenvalue weighted by atomic mass is 79.9. The number of thiophene rings is 1. The normalized spacial score (nSPS) is 16.9. The Balaban J connectivity index is 1.87. The average Bonchev–Trinajstić information content (AvgIpc) is 2.89. The fourth-order valence-electron chi connectivity index (χ4n) is 2.78. The highest BCUT2D eigenvalue weighted by molar-refractivity contribution is 9.10. The molecule has 1 aromatic carbocycles. The number of fused-ring (bicyclic) bond motifs is 1. The first kappa shape index (κ1) is 14.5. The quantitative estimate of drug-likeness (QED) is 0.875. The maximum atomic E-state index is 6.04. The molecule has 0 saturated heterocycles. The number of hydrogen-bond donors (Lipinski definition) is 1. The van der Waals surface area contributed by atoms with Gasteiger partial charge in [-0.25, -0.2) is 0 Å². The third kappa shape index (κ3) is 2.81. The molecule has 20 heavy (non-hydrogen) atoms. The van der Waals surface area contributed by atoms with E-state index < -0.39 is 0 Å². The van der Waals surface area contributed by atoms with Crippen LogP contribution in [0.1, 0.15) is 22.0 Å². The van der Waals surface area contributed by atoms with Crippen LogP contribution in [0.4, 0.5) is 0 Å². The first-order chi connectivity index (χ1) is 9.69. The first-order valence-corrected chi connectivity index (χ1v) is 8.68. The van der Waals surface area contributed by atoms with E-state index >= 15 is 0 Å². The second-order valence-electron chi connectivity index (χ2n) is 5.01. The molecule has 0 amide bonds. The first-order valence-electron chi connectivity index (χ1n) is 6.63. The van der Waals surface area contributed by atoms with E-state index in [1.54, 1.807) is 0 Å². The number of benzene rings is 1. The highest BCUT2D eigenvalue weighted by Gasteiger charge is 2.25. The summed E-state index contributed by atoms with van der Waals surface area (Å²) in [6.45, 7) is 2.65. The van der Waals surface area contributed by atoms with Crippen LogP contribution in [0, 0.1) is 0 Å². The minimum Gasteiger partial charge on any atom is -0.329 e. The minimum atomic E-state index is 0.231. The lowest BCUT2D eigenvalue weighted by Gasteiger charge is -2.34. The largest absolute Gasteiger partial charge is 0.329 e. The van der Waals surface area contributed by atoms with Crippen LogP contribution in [0.25, 0.3) is 0 Å². The molecule has 5 heteroatoms. The molecule has 0 bridgehead atoms. The van der Waals surface area contributed by atoms with Crippen molar-refractivity contribution in [2.75, 3.05) is 13.1 Å². The summed E-state index contributed by atoms with van der Waals surface area (Å²) in [5.41, 5.74) is 8.71. The smallest absolute Gasteiger partial charge is 0.0485 e. The number of halogens is 2. The van der Waals surface area contributed by atoms with E-state index in [1.807, 2.05) is 23.5 Å².